The van der Waals surface area contributed by atoms with E-state index in [0.29, 0.717) is 0 Å². The second-order valence-corrected chi connectivity index (χ2v) is 3.40. The first kappa shape index (κ1) is 12.2. The molecule has 0 saturated heterocycles. The summed E-state index contributed by atoms with van der Waals surface area (Å²) < 4.78 is 0. The molecule has 0 unspecified atom stereocenters. The summed E-state index contributed by atoms with van der Waals surface area (Å²) in [5.74, 6) is 0. The van der Waals surface area contributed by atoms with Gasteiger partial charge in [0.05, 0.1) is 5.60 Å². The largest absolute Gasteiger partial charge is 0.412 e. The van der Waals surface area contributed by atoms with Gasteiger partial charge in [-0.25, -0.2) is 0 Å². The second kappa shape index (κ2) is 3.92. The van der Waals surface area contributed by atoms with Gasteiger partial charge in [-0.3, -0.25) is 0 Å². The van der Waals surface area contributed by atoms with Gasteiger partial charge >= 0.3 is 0 Å². The van der Waals surface area contributed by atoms with Gasteiger partial charge in [0.2, 0.25) is 0 Å². The SMILES string of the molecule is Bc1ccc(C2(O)CC2)cc1.O.O. The molecule has 0 spiro atoms. The fourth-order valence-corrected chi connectivity index (χ4v) is 1.27. The zero-order valence-corrected chi connectivity index (χ0v) is 7.67. The van der Waals surface area contributed by atoms with Crippen LogP contribution in [0.3, 0.4) is 0 Å². The molecule has 3 nitrogen and oxygen atoms in total. The van der Waals surface area contributed by atoms with Crippen LogP contribution in [0.5, 0.6) is 0 Å². The highest BCUT2D eigenvalue weighted by Gasteiger charge is 2.41. The van der Waals surface area contributed by atoms with Gasteiger partial charge in [0.25, 0.3) is 0 Å². The number of benzene rings is 1. The number of hydrogen-bond acceptors (Lipinski definition) is 1. The van der Waals surface area contributed by atoms with Crippen LogP contribution in [-0.2, 0) is 5.60 Å². The van der Waals surface area contributed by atoms with Gasteiger partial charge in [-0.2, -0.15) is 0 Å². The van der Waals surface area contributed by atoms with Crippen LogP contribution in [-0.4, -0.2) is 23.9 Å². The van der Waals surface area contributed by atoms with Crippen LogP contribution in [0.15, 0.2) is 24.3 Å². The Morgan fingerprint density at radius 2 is 1.54 bits per heavy atom. The maximum absolute atomic E-state index is 9.69. The highest BCUT2D eigenvalue weighted by molar-refractivity contribution is 6.32. The number of rotatable bonds is 1. The van der Waals surface area contributed by atoms with Crippen LogP contribution in [0.4, 0.5) is 0 Å². The Hall–Kier alpha value is -0.835. The van der Waals surface area contributed by atoms with Crippen molar-refractivity contribution in [1.29, 1.82) is 0 Å². The van der Waals surface area contributed by atoms with Crippen molar-refractivity contribution in [2.75, 3.05) is 0 Å². The molecule has 1 fully saturated rings. The highest BCUT2D eigenvalue weighted by Crippen LogP contribution is 2.44. The van der Waals surface area contributed by atoms with Crippen LogP contribution < -0.4 is 5.46 Å². The molecule has 0 aliphatic heterocycles. The van der Waals surface area contributed by atoms with Crippen LogP contribution in [0.1, 0.15) is 18.4 Å². The molecule has 1 aliphatic carbocycles. The van der Waals surface area contributed by atoms with E-state index >= 15 is 0 Å². The van der Waals surface area contributed by atoms with E-state index in [1.807, 2.05) is 24.3 Å². The minimum Gasteiger partial charge on any atom is -0.412 e. The molecule has 0 atom stereocenters. The van der Waals surface area contributed by atoms with Gasteiger partial charge in [0, 0.05) is 0 Å². The summed E-state index contributed by atoms with van der Waals surface area (Å²) in [6.45, 7) is 0. The Bertz CT molecular complexity index is 267. The van der Waals surface area contributed by atoms with Crippen LogP contribution in [0.25, 0.3) is 0 Å². The van der Waals surface area contributed by atoms with Gasteiger partial charge in [0.15, 0.2) is 0 Å². The zero-order chi connectivity index (χ0) is 7.90. The highest BCUT2D eigenvalue weighted by atomic mass is 16.3. The minimum atomic E-state index is -0.465. The van der Waals surface area contributed by atoms with Crippen molar-refractivity contribution >= 4 is 13.3 Å². The van der Waals surface area contributed by atoms with Gasteiger partial charge in [-0.15, -0.1) is 0 Å². The lowest BCUT2D eigenvalue weighted by Crippen LogP contribution is -2.07. The Morgan fingerprint density at radius 3 is 1.92 bits per heavy atom. The summed E-state index contributed by atoms with van der Waals surface area (Å²) in [5, 5.41) is 9.69. The van der Waals surface area contributed by atoms with E-state index in [0.717, 1.165) is 18.4 Å². The van der Waals surface area contributed by atoms with Gasteiger partial charge in [-0.05, 0) is 18.4 Å². The molecule has 2 rings (SSSR count). The molecular formula is C9H15BO3. The molecule has 4 heteroatoms. The molecule has 72 valence electrons. The van der Waals surface area contributed by atoms with Crippen molar-refractivity contribution in [1.82, 2.24) is 0 Å². The quantitative estimate of drug-likeness (QED) is 0.514. The van der Waals surface area contributed by atoms with E-state index in [1.165, 1.54) is 5.46 Å². The first-order valence-electron chi connectivity index (χ1n) is 4.00. The summed E-state index contributed by atoms with van der Waals surface area (Å²) in [6, 6.07) is 8.13. The molecule has 0 radical (unpaired) electrons. The minimum absolute atomic E-state index is 0. The monoisotopic (exact) mass is 182 g/mol. The lowest BCUT2D eigenvalue weighted by molar-refractivity contribution is 0.151. The van der Waals surface area contributed by atoms with Crippen LogP contribution in [0, 0.1) is 0 Å². The third-order valence-corrected chi connectivity index (χ3v) is 2.31. The van der Waals surface area contributed by atoms with Crippen molar-refractivity contribution in [2.45, 2.75) is 18.4 Å². The fourth-order valence-electron chi connectivity index (χ4n) is 1.27. The molecule has 1 aromatic carbocycles. The van der Waals surface area contributed by atoms with Crippen molar-refractivity contribution in [2.24, 2.45) is 0 Å². The van der Waals surface area contributed by atoms with E-state index in [9.17, 15) is 5.11 Å². The maximum Gasteiger partial charge on any atom is 0.139 e. The average molecular weight is 182 g/mol. The molecule has 1 saturated carbocycles. The summed E-state index contributed by atoms with van der Waals surface area (Å²) in [7, 11) is 2.06. The Morgan fingerprint density at radius 1 is 1.08 bits per heavy atom. The second-order valence-electron chi connectivity index (χ2n) is 3.40. The zero-order valence-electron chi connectivity index (χ0n) is 7.67. The average Bonchev–Trinajstić information content (AvgIpc) is 2.70. The molecular weight excluding hydrogens is 167 g/mol. The smallest absolute Gasteiger partial charge is 0.139 e. The summed E-state index contributed by atoms with van der Waals surface area (Å²) in [6.07, 6.45) is 1.85. The van der Waals surface area contributed by atoms with E-state index in [2.05, 4.69) is 7.85 Å². The van der Waals surface area contributed by atoms with Gasteiger partial charge in [-0.1, -0.05) is 29.7 Å². The summed E-state index contributed by atoms with van der Waals surface area (Å²) >= 11 is 0. The van der Waals surface area contributed by atoms with Crippen molar-refractivity contribution in [3.63, 3.8) is 0 Å². The lowest BCUT2D eigenvalue weighted by atomic mass is 9.94. The van der Waals surface area contributed by atoms with E-state index in [-0.39, 0.29) is 11.0 Å². The third kappa shape index (κ3) is 2.31. The normalized spacial score (nSPS) is 16.7. The van der Waals surface area contributed by atoms with E-state index in [1.54, 1.807) is 0 Å². The van der Waals surface area contributed by atoms with Crippen molar-refractivity contribution in [3.05, 3.63) is 29.8 Å². The molecule has 0 heterocycles. The molecule has 0 aromatic heterocycles. The maximum atomic E-state index is 9.69. The number of aliphatic hydroxyl groups is 1. The standard InChI is InChI=1S/C9H11BO.2H2O/c10-8-3-1-7(2-4-8)9(11)5-6-9;;/h1-4,11H,5-6,10H2;2*1H2. The van der Waals surface area contributed by atoms with E-state index in [4.69, 9.17) is 0 Å². The van der Waals surface area contributed by atoms with Gasteiger partial charge in [0.1, 0.15) is 7.85 Å². The lowest BCUT2D eigenvalue weighted by Gasteiger charge is -2.06. The first-order valence-corrected chi connectivity index (χ1v) is 4.00. The van der Waals surface area contributed by atoms with Gasteiger partial charge < -0.3 is 16.1 Å². The molecule has 1 aliphatic rings. The Kier molecular flexibility index (Phi) is 3.66. The fraction of sp³-hybridized carbons (Fsp3) is 0.333. The summed E-state index contributed by atoms with van der Waals surface area (Å²) in [4.78, 5) is 0. The topological polar surface area (TPSA) is 83.2 Å². The molecule has 13 heavy (non-hydrogen) atoms. The molecule has 0 bridgehead atoms. The molecule has 0 amide bonds. The van der Waals surface area contributed by atoms with Crippen LogP contribution >= 0.6 is 0 Å². The third-order valence-electron chi connectivity index (χ3n) is 2.31. The molecule has 1 aromatic rings. The predicted octanol–water partition coefficient (Wildman–Crippen LogP) is -1.72. The predicted molar refractivity (Wildman–Crippen MR) is 55.0 cm³/mol. The Labute approximate surface area is 78.4 Å². The van der Waals surface area contributed by atoms with Crippen molar-refractivity contribution in [3.8, 4) is 0 Å². The van der Waals surface area contributed by atoms with Crippen molar-refractivity contribution < 1.29 is 16.1 Å². The number of hydrogen-bond donors (Lipinski definition) is 1. The van der Waals surface area contributed by atoms with E-state index < -0.39 is 5.60 Å². The summed E-state index contributed by atoms with van der Waals surface area (Å²) in [5.41, 5.74) is 1.86. The van der Waals surface area contributed by atoms with Crippen LogP contribution in [0.2, 0.25) is 0 Å². The Balaban J connectivity index is 0.000000720. The molecule has 5 N–H and O–H groups in total. The first-order chi connectivity index (χ1) is 5.21.